The molecule has 21 heavy (non-hydrogen) atoms. The van der Waals surface area contributed by atoms with Crippen molar-refractivity contribution >= 4 is 11.5 Å². The zero-order valence-electron chi connectivity index (χ0n) is 11.1. The first-order chi connectivity index (χ1) is 10.0. The summed E-state index contributed by atoms with van der Waals surface area (Å²) >= 11 is 0. The Morgan fingerprint density at radius 2 is 1.90 bits per heavy atom. The van der Waals surface area contributed by atoms with Crippen molar-refractivity contribution in [3.8, 4) is 11.3 Å². The van der Waals surface area contributed by atoms with Gasteiger partial charge in [-0.3, -0.25) is 10.1 Å². The summed E-state index contributed by atoms with van der Waals surface area (Å²) in [5, 5.41) is 14.1. The summed E-state index contributed by atoms with van der Waals surface area (Å²) in [4.78, 5) is 18.2. The first kappa shape index (κ1) is 14.8. The number of nitrogens with zero attached hydrogens (tertiary/aromatic N) is 3. The number of halogens is 2. The fourth-order valence-corrected chi connectivity index (χ4v) is 1.83. The van der Waals surface area contributed by atoms with Gasteiger partial charge in [0, 0.05) is 18.2 Å². The van der Waals surface area contributed by atoms with Gasteiger partial charge in [-0.15, -0.1) is 0 Å². The van der Waals surface area contributed by atoms with E-state index in [9.17, 15) is 18.9 Å². The quantitative estimate of drug-likeness (QED) is 0.676. The number of benzene rings is 1. The van der Waals surface area contributed by atoms with Crippen molar-refractivity contribution in [3.63, 3.8) is 0 Å². The van der Waals surface area contributed by atoms with Gasteiger partial charge in [0.05, 0.1) is 4.92 Å². The molecule has 0 fully saturated rings. The van der Waals surface area contributed by atoms with E-state index in [1.165, 1.54) is 0 Å². The molecule has 0 unspecified atom stereocenters. The van der Waals surface area contributed by atoms with Crippen LogP contribution in [-0.2, 0) is 0 Å². The molecule has 0 saturated carbocycles. The van der Waals surface area contributed by atoms with E-state index in [0.29, 0.717) is 12.6 Å². The van der Waals surface area contributed by atoms with Crippen LogP contribution in [0.15, 0.2) is 24.5 Å². The number of rotatable bonds is 5. The third-order valence-corrected chi connectivity index (χ3v) is 2.68. The highest BCUT2D eigenvalue weighted by molar-refractivity contribution is 5.76. The third-order valence-electron chi connectivity index (χ3n) is 2.68. The highest BCUT2D eigenvalue weighted by Gasteiger charge is 2.24. The molecule has 8 heteroatoms. The lowest BCUT2D eigenvalue weighted by Gasteiger charge is -2.08. The van der Waals surface area contributed by atoms with Crippen LogP contribution in [0.5, 0.6) is 0 Å². The Kier molecular flexibility index (Phi) is 4.36. The topological polar surface area (TPSA) is 81.0 Å². The molecule has 110 valence electrons. The van der Waals surface area contributed by atoms with Crippen molar-refractivity contribution in [1.29, 1.82) is 0 Å². The van der Waals surface area contributed by atoms with Crippen LogP contribution in [0.1, 0.15) is 13.3 Å². The summed E-state index contributed by atoms with van der Waals surface area (Å²) in [6.07, 6.45) is 1.86. The van der Waals surface area contributed by atoms with Crippen molar-refractivity contribution in [2.24, 2.45) is 0 Å². The normalized spacial score (nSPS) is 10.4. The summed E-state index contributed by atoms with van der Waals surface area (Å²) in [5.74, 6) is -1.64. The predicted octanol–water partition coefficient (Wildman–Crippen LogP) is 3.15. The van der Waals surface area contributed by atoms with Crippen LogP contribution in [0, 0.1) is 21.7 Å². The summed E-state index contributed by atoms with van der Waals surface area (Å²) < 4.78 is 26.6. The van der Waals surface area contributed by atoms with E-state index < -0.39 is 22.2 Å². The van der Waals surface area contributed by atoms with Gasteiger partial charge in [-0.25, -0.2) is 18.7 Å². The third kappa shape index (κ3) is 3.28. The summed E-state index contributed by atoms with van der Waals surface area (Å²) in [6.45, 7) is 2.37. The average Bonchev–Trinajstić information content (AvgIpc) is 2.43. The van der Waals surface area contributed by atoms with Crippen molar-refractivity contribution in [2.75, 3.05) is 11.9 Å². The molecule has 6 nitrogen and oxygen atoms in total. The molecule has 1 aromatic heterocycles. The molecule has 0 aliphatic carbocycles. The fraction of sp³-hybridized carbons (Fsp3) is 0.231. The minimum absolute atomic E-state index is 0.0128. The zero-order valence-corrected chi connectivity index (χ0v) is 11.1. The van der Waals surface area contributed by atoms with E-state index in [1.807, 2.05) is 6.92 Å². The lowest BCUT2D eigenvalue weighted by molar-refractivity contribution is -0.383. The van der Waals surface area contributed by atoms with Crippen LogP contribution in [0.2, 0.25) is 0 Å². The molecule has 0 amide bonds. The molecule has 2 rings (SSSR count). The monoisotopic (exact) mass is 294 g/mol. The maximum Gasteiger partial charge on any atom is 0.337 e. The van der Waals surface area contributed by atoms with E-state index in [2.05, 4.69) is 15.3 Å². The molecule has 0 aliphatic rings. The number of hydrogen-bond acceptors (Lipinski definition) is 5. The lowest BCUT2D eigenvalue weighted by atomic mass is 10.1. The highest BCUT2D eigenvalue weighted by atomic mass is 19.1. The second-order valence-corrected chi connectivity index (χ2v) is 4.26. The fourth-order valence-electron chi connectivity index (χ4n) is 1.83. The van der Waals surface area contributed by atoms with Gasteiger partial charge < -0.3 is 5.32 Å². The van der Waals surface area contributed by atoms with Crippen molar-refractivity contribution in [3.05, 3.63) is 46.3 Å². The van der Waals surface area contributed by atoms with Gasteiger partial charge in [-0.1, -0.05) is 6.92 Å². The Hall–Kier alpha value is -2.64. The van der Waals surface area contributed by atoms with Crippen LogP contribution < -0.4 is 5.32 Å². The van der Waals surface area contributed by atoms with E-state index in [1.54, 1.807) is 0 Å². The Morgan fingerprint density at radius 1 is 1.24 bits per heavy atom. The first-order valence-corrected chi connectivity index (χ1v) is 6.22. The Labute approximate surface area is 119 Å². The largest absolute Gasteiger partial charge is 0.364 e. The molecular weight excluding hydrogens is 282 g/mol. The van der Waals surface area contributed by atoms with E-state index in [0.717, 1.165) is 24.9 Å². The minimum atomic E-state index is -0.832. The predicted molar refractivity (Wildman–Crippen MR) is 72.8 cm³/mol. The number of anilines is 1. The SMILES string of the molecule is CCCNc1ncnc(-c2cc(F)cc(F)c2)c1[N+](=O)[O-]. The van der Waals surface area contributed by atoms with E-state index in [-0.39, 0.29) is 17.1 Å². The van der Waals surface area contributed by atoms with E-state index in [4.69, 9.17) is 0 Å². The number of nitrogens with one attached hydrogen (secondary N) is 1. The molecule has 0 radical (unpaired) electrons. The molecule has 1 heterocycles. The van der Waals surface area contributed by atoms with Gasteiger partial charge in [0.25, 0.3) is 0 Å². The van der Waals surface area contributed by atoms with Gasteiger partial charge in [-0.05, 0) is 18.6 Å². The van der Waals surface area contributed by atoms with Crippen LogP contribution in [0.4, 0.5) is 20.3 Å². The molecule has 0 atom stereocenters. The van der Waals surface area contributed by atoms with Crippen LogP contribution in [-0.4, -0.2) is 21.4 Å². The molecular formula is C13H12F2N4O2. The summed E-state index contributed by atoms with van der Waals surface area (Å²) in [7, 11) is 0. The Morgan fingerprint density at radius 3 is 2.48 bits per heavy atom. The van der Waals surface area contributed by atoms with Crippen LogP contribution >= 0.6 is 0 Å². The molecule has 1 N–H and O–H groups in total. The molecule has 0 aliphatic heterocycles. The van der Waals surface area contributed by atoms with Gasteiger partial charge in [0.1, 0.15) is 18.0 Å². The molecule has 2 aromatic rings. The Balaban J connectivity index is 2.59. The van der Waals surface area contributed by atoms with Crippen molar-refractivity contribution in [1.82, 2.24) is 9.97 Å². The standard InChI is InChI=1S/C13H12F2N4O2/c1-2-3-16-13-12(19(20)21)11(17-7-18-13)8-4-9(14)6-10(15)5-8/h4-7H,2-3H2,1H3,(H,16,17,18). The van der Waals surface area contributed by atoms with Gasteiger partial charge in [-0.2, -0.15) is 0 Å². The van der Waals surface area contributed by atoms with Gasteiger partial charge in [0.2, 0.25) is 5.82 Å². The van der Waals surface area contributed by atoms with Crippen molar-refractivity contribution < 1.29 is 13.7 Å². The second kappa shape index (κ2) is 6.21. The summed E-state index contributed by atoms with van der Waals surface area (Å²) in [6, 6.07) is 2.66. The molecule has 0 saturated heterocycles. The smallest absolute Gasteiger partial charge is 0.337 e. The second-order valence-electron chi connectivity index (χ2n) is 4.26. The zero-order chi connectivity index (χ0) is 15.4. The maximum atomic E-state index is 13.3. The molecule has 0 spiro atoms. The molecule has 0 bridgehead atoms. The van der Waals surface area contributed by atoms with Gasteiger partial charge in [0.15, 0.2) is 5.69 Å². The van der Waals surface area contributed by atoms with Crippen LogP contribution in [0.3, 0.4) is 0 Å². The molecule has 1 aromatic carbocycles. The first-order valence-electron chi connectivity index (χ1n) is 6.22. The Bertz CT molecular complexity index is 659. The van der Waals surface area contributed by atoms with Crippen molar-refractivity contribution in [2.45, 2.75) is 13.3 Å². The maximum absolute atomic E-state index is 13.3. The number of aromatic nitrogens is 2. The average molecular weight is 294 g/mol. The van der Waals surface area contributed by atoms with E-state index >= 15 is 0 Å². The minimum Gasteiger partial charge on any atom is -0.364 e. The number of nitro groups is 1. The summed E-state index contributed by atoms with van der Waals surface area (Å²) in [5.41, 5.74) is -0.552. The lowest BCUT2D eigenvalue weighted by Crippen LogP contribution is -2.07. The van der Waals surface area contributed by atoms with Crippen LogP contribution in [0.25, 0.3) is 11.3 Å². The highest BCUT2D eigenvalue weighted by Crippen LogP contribution is 2.33. The number of hydrogen-bond donors (Lipinski definition) is 1. The van der Waals surface area contributed by atoms with Gasteiger partial charge >= 0.3 is 5.69 Å².